The number of ether oxygens (including phenoxy) is 1. The van der Waals surface area contributed by atoms with Crippen LogP contribution in [0.2, 0.25) is 0 Å². The van der Waals surface area contributed by atoms with Crippen LogP contribution in [0.5, 0.6) is 11.5 Å². The Morgan fingerprint density at radius 2 is 1.92 bits per heavy atom. The Kier molecular flexibility index (Phi) is 6.71. The van der Waals surface area contributed by atoms with Gasteiger partial charge in [0.2, 0.25) is 5.95 Å². The molecule has 2 saturated carbocycles. The molecule has 6 rings (SSSR count). The summed E-state index contributed by atoms with van der Waals surface area (Å²) >= 11 is 0. The monoisotopic (exact) mass is 525 g/mol. The highest BCUT2D eigenvalue weighted by molar-refractivity contribution is 5.81. The van der Waals surface area contributed by atoms with E-state index in [1.54, 1.807) is 25.3 Å². The second-order valence-electron chi connectivity index (χ2n) is 11.3. The Morgan fingerprint density at radius 1 is 1.10 bits per heavy atom. The first-order valence-electron chi connectivity index (χ1n) is 13.9. The molecule has 3 aromatic heterocycles. The molecule has 202 valence electrons. The molecule has 2 aliphatic rings. The molecule has 0 saturated heterocycles. The lowest BCUT2D eigenvalue weighted by Gasteiger charge is -2.19. The number of imidazole rings is 1. The predicted octanol–water partition coefficient (Wildman–Crippen LogP) is 6.11. The van der Waals surface area contributed by atoms with Crippen molar-refractivity contribution in [2.75, 3.05) is 5.32 Å². The highest BCUT2D eigenvalue weighted by atomic mass is 16.5. The molecule has 0 bridgehead atoms. The summed E-state index contributed by atoms with van der Waals surface area (Å²) in [5, 5.41) is 3.36. The Labute approximate surface area is 228 Å². The Hall–Kier alpha value is -3.94. The number of aryl methyl sites for hydroxylation is 1. The molecule has 1 unspecified atom stereocenters. The molecule has 0 amide bonds. The van der Waals surface area contributed by atoms with Crippen LogP contribution >= 0.6 is 0 Å². The van der Waals surface area contributed by atoms with E-state index < -0.39 is 0 Å². The van der Waals surface area contributed by atoms with Gasteiger partial charge < -0.3 is 19.2 Å². The summed E-state index contributed by atoms with van der Waals surface area (Å²) in [7, 11) is 1.93. The van der Waals surface area contributed by atoms with E-state index in [0.717, 1.165) is 17.6 Å². The van der Waals surface area contributed by atoms with E-state index in [-0.39, 0.29) is 17.8 Å². The van der Waals surface area contributed by atoms with Crippen molar-refractivity contribution in [2.45, 2.75) is 64.8 Å². The van der Waals surface area contributed by atoms with Crippen molar-refractivity contribution in [3.05, 3.63) is 70.4 Å². The molecule has 2 aliphatic carbocycles. The third-order valence-corrected chi connectivity index (χ3v) is 8.18. The largest absolute Gasteiger partial charge is 0.457 e. The van der Waals surface area contributed by atoms with Gasteiger partial charge in [0.05, 0.1) is 16.7 Å². The number of carbonyl (C=O) groups excluding carboxylic acids is 1. The van der Waals surface area contributed by atoms with E-state index in [4.69, 9.17) is 9.72 Å². The lowest BCUT2D eigenvalue weighted by Crippen LogP contribution is -2.27. The Bertz CT molecular complexity index is 1600. The van der Waals surface area contributed by atoms with Gasteiger partial charge in [0.1, 0.15) is 23.0 Å². The zero-order chi connectivity index (χ0) is 27.1. The van der Waals surface area contributed by atoms with Crippen molar-refractivity contribution >= 4 is 28.5 Å². The van der Waals surface area contributed by atoms with Crippen molar-refractivity contribution in [1.82, 2.24) is 19.1 Å². The average molecular weight is 526 g/mol. The molecule has 8 heteroatoms. The van der Waals surface area contributed by atoms with Crippen molar-refractivity contribution in [3.63, 3.8) is 0 Å². The number of nitrogens with one attached hydrogen (secondary N) is 1. The van der Waals surface area contributed by atoms with Gasteiger partial charge in [0.25, 0.3) is 5.56 Å². The maximum atomic E-state index is 13.6. The maximum absolute atomic E-state index is 13.6. The summed E-state index contributed by atoms with van der Waals surface area (Å²) in [6, 6.07) is 11.3. The van der Waals surface area contributed by atoms with Gasteiger partial charge >= 0.3 is 0 Å². The summed E-state index contributed by atoms with van der Waals surface area (Å²) in [5.41, 5.74) is 4.18. The SMILES string of the molecule is CC(=O)Cc1cc(Oc2ccc3nc(Nc4cc(C5CC5)cn(CC5CCC[C@H]5C)c4=O)n(C)c3c2)ccn1. The molecule has 39 heavy (non-hydrogen) atoms. The third kappa shape index (κ3) is 5.46. The first-order valence-corrected chi connectivity index (χ1v) is 13.9. The molecule has 0 aliphatic heterocycles. The third-order valence-electron chi connectivity index (χ3n) is 8.18. The minimum absolute atomic E-state index is 0.00799. The molecular formula is C31H35N5O3. The number of hydrogen-bond donors (Lipinski definition) is 1. The quantitative estimate of drug-likeness (QED) is 0.283. The van der Waals surface area contributed by atoms with Crippen molar-refractivity contribution < 1.29 is 9.53 Å². The standard InChI is InChI=1S/C31H35N5O3/c1-19-5-4-6-22(19)17-36-18-23(21-7-8-21)14-28(30(36)38)34-31-33-27-10-9-25(16-29(27)35(31)3)39-26-11-12-32-24(15-26)13-20(2)37/h9-12,14-16,18-19,21-22H,4-8,13,17H2,1-3H3,(H,33,34)/t19-,22?/m1/s1. The molecule has 2 atom stereocenters. The summed E-state index contributed by atoms with van der Waals surface area (Å²) < 4.78 is 9.96. The topological polar surface area (TPSA) is 91.0 Å². The number of fused-ring (bicyclic) bond motifs is 1. The van der Waals surface area contributed by atoms with Gasteiger partial charge in [0.15, 0.2) is 0 Å². The number of benzene rings is 1. The van der Waals surface area contributed by atoms with Crippen molar-refractivity contribution in [3.8, 4) is 11.5 Å². The fourth-order valence-corrected chi connectivity index (χ4v) is 5.74. The van der Waals surface area contributed by atoms with Crippen LogP contribution in [0.3, 0.4) is 0 Å². The molecule has 1 N–H and O–H groups in total. The maximum Gasteiger partial charge on any atom is 0.274 e. The minimum atomic E-state index is 0.00799. The van der Waals surface area contributed by atoms with E-state index in [9.17, 15) is 9.59 Å². The first-order chi connectivity index (χ1) is 18.8. The van der Waals surface area contributed by atoms with E-state index in [1.807, 2.05) is 40.4 Å². The van der Waals surface area contributed by atoms with Crippen LogP contribution in [0.25, 0.3) is 11.0 Å². The zero-order valence-electron chi connectivity index (χ0n) is 22.8. The summed E-state index contributed by atoms with van der Waals surface area (Å²) in [5.74, 6) is 3.69. The fourth-order valence-electron chi connectivity index (χ4n) is 5.74. The number of rotatable bonds is 9. The Morgan fingerprint density at radius 3 is 2.67 bits per heavy atom. The molecule has 2 fully saturated rings. The van der Waals surface area contributed by atoms with Crippen LogP contribution < -0.4 is 15.6 Å². The van der Waals surface area contributed by atoms with Gasteiger partial charge in [-0.2, -0.15) is 0 Å². The number of pyridine rings is 2. The zero-order valence-corrected chi connectivity index (χ0v) is 22.8. The number of ketones is 1. The van der Waals surface area contributed by atoms with Crippen LogP contribution in [0, 0.1) is 11.8 Å². The highest BCUT2D eigenvalue weighted by Gasteiger charge is 2.28. The van der Waals surface area contributed by atoms with E-state index >= 15 is 0 Å². The van der Waals surface area contributed by atoms with Crippen molar-refractivity contribution in [2.24, 2.45) is 18.9 Å². The molecule has 8 nitrogen and oxygen atoms in total. The average Bonchev–Trinajstić information content (AvgIpc) is 3.61. The summed E-state index contributed by atoms with van der Waals surface area (Å²) in [6.45, 7) is 4.64. The second kappa shape index (κ2) is 10.3. The molecule has 1 aromatic carbocycles. The van der Waals surface area contributed by atoms with E-state index in [1.165, 1.54) is 37.7 Å². The van der Waals surface area contributed by atoms with Crippen LogP contribution in [-0.2, 0) is 24.8 Å². The highest BCUT2D eigenvalue weighted by Crippen LogP contribution is 2.41. The smallest absolute Gasteiger partial charge is 0.274 e. The lowest BCUT2D eigenvalue weighted by molar-refractivity contribution is -0.116. The van der Waals surface area contributed by atoms with Gasteiger partial charge in [-0.3, -0.25) is 14.6 Å². The normalized spacial score (nSPS) is 18.9. The molecule has 0 radical (unpaired) electrons. The first kappa shape index (κ1) is 25.3. The number of anilines is 2. The second-order valence-corrected chi connectivity index (χ2v) is 11.3. The van der Waals surface area contributed by atoms with Gasteiger partial charge in [-0.25, -0.2) is 4.98 Å². The van der Waals surface area contributed by atoms with Crippen molar-refractivity contribution in [1.29, 1.82) is 0 Å². The van der Waals surface area contributed by atoms with Gasteiger partial charge in [-0.05, 0) is 73.8 Å². The Balaban J connectivity index is 1.27. The minimum Gasteiger partial charge on any atom is -0.457 e. The molecule has 0 spiro atoms. The fraction of sp³-hybridized carbons (Fsp3) is 0.419. The molecule has 4 aromatic rings. The van der Waals surface area contributed by atoms with Crippen LogP contribution in [-0.4, -0.2) is 24.9 Å². The van der Waals surface area contributed by atoms with Gasteiger partial charge in [-0.15, -0.1) is 0 Å². The lowest BCUT2D eigenvalue weighted by atomic mass is 9.98. The van der Waals surface area contributed by atoms with Crippen LogP contribution in [0.15, 0.2) is 53.6 Å². The van der Waals surface area contributed by atoms with Gasteiger partial charge in [0, 0.05) is 44.5 Å². The van der Waals surface area contributed by atoms with E-state index in [0.29, 0.717) is 46.6 Å². The molecular weight excluding hydrogens is 490 g/mol. The molecule has 3 heterocycles. The number of hydrogen-bond acceptors (Lipinski definition) is 6. The van der Waals surface area contributed by atoms with Crippen LogP contribution in [0.4, 0.5) is 11.6 Å². The summed E-state index contributed by atoms with van der Waals surface area (Å²) in [4.78, 5) is 34.0. The van der Waals surface area contributed by atoms with Crippen LogP contribution in [0.1, 0.15) is 63.1 Å². The number of nitrogens with zero attached hydrogens (tertiary/aromatic N) is 4. The number of Topliss-reactive ketones (excluding diaryl/α,β-unsaturated/α-hetero) is 1. The van der Waals surface area contributed by atoms with E-state index in [2.05, 4.69) is 23.4 Å². The summed E-state index contributed by atoms with van der Waals surface area (Å²) in [6.07, 6.45) is 10.1. The number of carbonyl (C=O) groups is 1. The predicted molar refractivity (Wildman–Crippen MR) is 152 cm³/mol. The van der Waals surface area contributed by atoms with Gasteiger partial charge in [-0.1, -0.05) is 19.8 Å². The number of aromatic nitrogens is 4.